The van der Waals surface area contributed by atoms with Crippen molar-refractivity contribution < 1.29 is 20.1 Å². The van der Waals surface area contributed by atoms with Crippen LogP contribution in [0.3, 0.4) is 0 Å². The number of hydrogen-bond donors (Lipinski definition) is 3. The lowest BCUT2D eigenvalue weighted by atomic mass is 9.47. The van der Waals surface area contributed by atoms with Gasteiger partial charge in [0, 0.05) is 11.3 Å². The lowest BCUT2D eigenvalue weighted by Gasteiger charge is -2.58. The maximum absolute atomic E-state index is 11.2. The van der Waals surface area contributed by atoms with Crippen LogP contribution in [0.2, 0.25) is 0 Å². The molecule has 0 aromatic carbocycles. The number of carboxylic acids is 1. The van der Waals surface area contributed by atoms with E-state index in [4.69, 9.17) is 5.11 Å². The number of carbonyl (C=O) groups is 1. The summed E-state index contributed by atoms with van der Waals surface area (Å²) in [7, 11) is 0. The average Bonchev–Trinajstić information content (AvgIpc) is 2.86. The molecule has 0 saturated heterocycles. The first kappa shape index (κ1) is 18.1. The second-order valence-corrected chi connectivity index (χ2v) is 9.57. The van der Waals surface area contributed by atoms with E-state index in [0.717, 1.165) is 44.9 Å². The molecule has 3 saturated carbocycles. The molecule has 142 valence electrons. The van der Waals surface area contributed by atoms with E-state index in [1.165, 1.54) is 5.57 Å². The summed E-state index contributed by atoms with van der Waals surface area (Å²) in [6.07, 6.45) is 9.39. The Morgan fingerprint density at radius 1 is 1.15 bits per heavy atom. The van der Waals surface area contributed by atoms with Gasteiger partial charge in [0.25, 0.3) is 0 Å². The lowest BCUT2D eigenvalue weighted by molar-refractivity contribution is -0.130. The molecule has 0 aromatic heterocycles. The summed E-state index contributed by atoms with van der Waals surface area (Å²) in [4.78, 5) is 10.9. The van der Waals surface area contributed by atoms with Crippen molar-refractivity contribution in [1.29, 1.82) is 0 Å². The van der Waals surface area contributed by atoms with Crippen molar-refractivity contribution in [2.45, 2.75) is 76.9 Å². The standard InChI is InChI=1S/C22H30O4/c1-20-9-5-15(23)13-14(20)3-4-16-17(20)6-10-21(2)18(16)7-11-22(21,26)12-8-19(24)25/h3,15-18,23,26H,4-7,9-11,13H2,1-2H3,(H,24,25)/t15-,16+,17-,18-,20+,21+,22-/m1/s1. The summed E-state index contributed by atoms with van der Waals surface area (Å²) in [6, 6.07) is 0. The Morgan fingerprint density at radius 3 is 2.62 bits per heavy atom. The molecule has 3 N–H and O–H groups in total. The Bertz CT molecular complexity index is 715. The first-order valence-corrected chi connectivity index (χ1v) is 10.1. The average molecular weight is 358 g/mol. The van der Waals surface area contributed by atoms with Crippen LogP contribution in [-0.4, -0.2) is 33.0 Å². The minimum absolute atomic E-state index is 0.178. The fraction of sp³-hybridized carbons (Fsp3) is 0.773. The summed E-state index contributed by atoms with van der Waals surface area (Å²) >= 11 is 0. The van der Waals surface area contributed by atoms with E-state index >= 15 is 0 Å². The number of allylic oxidation sites excluding steroid dienone is 1. The highest BCUT2D eigenvalue weighted by atomic mass is 16.4. The molecule has 0 heterocycles. The molecule has 26 heavy (non-hydrogen) atoms. The quantitative estimate of drug-likeness (QED) is 0.459. The number of hydrogen-bond acceptors (Lipinski definition) is 3. The molecular formula is C22H30O4. The van der Waals surface area contributed by atoms with E-state index in [2.05, 4.69) is 31.8 Å². The van der Waals surface area contributed by atoms with Crippen LogP contribution in [0.25, 0.3) is 0 Å². The summed E-state index contributed by atoms with van der Waals surface area (Å²) in [5.74, 6) is 5.26. The van der Waals surface area contributed by atoms with Gasteiger partial charge < -0.3 is 15.3 Å². The van der Waals surface area contributed by atoms with Gasteiger partial charge in [-0.25, -0.2) is 4.79 Å². The number of fused-ring (bicyclic) bond motifs is 5. The van der Waals surface area contributed by atoms with Crippen molar-refractivity contribution in [1.82, 2.24) is 0 Å². The van der Waals surface area contributed by atoms with Crippen molar-refractivity contribution in [2.75, 3.05) is 0 Å². The van der Waals surface area contributed by atoms with Crippen LogP contribution < -0.4 is 0 Å². The molecule has 4 rings (SSSR count). The molecule has 4 nitrogen and oxygen atoms in total. The van der Waals surface area contributed by atoms with Crippen LogP contribution in [-0.2, 0) is 4.79 Å². The molecule has 0 radical (unpaired) electrons. The third-order valence-corrected chi connectivity index (χ3v) is 8.61. The Balaban J connectivity index is 1.66. The molecule has 0 aromatic rings. The zero-order valence-electron chi connectivity index (χ0n) is 15.8. The molecule has 0 aliphatic heterocycles. The van der Waals surface area contributed by atoms with Gasteiger partial charge >= 0.3 is 5.97 Å². The van der Waals surface area contributed by atoms with Crippen molar-refractivity contribution in [3.05, 3.63) is 11.6 Å². The largest absolute Gasteiger partial charge is 0.472 e. The predicted molar refractivity (Wildman–Crippen MR) is 98.1 cm³/mol. The van der Waals surface area contributed by atoms with Gasteiger partial charge in [0.1, 0.15) is 5.60 Å². The van der Waals surface area contributed by atoms with Gasteiger partial charge in [-0.2, -0.15) is 0 Å². The highest BCUT2D eigenvalue weighted by Gasteiger charge is 2.63. The van der Waals surface area contributed by atoms with E-state index < -0.39 is 11.6 Å². The molecule has 0 spiro atoms. The summed E-state index contributed by atoms with van der Waals surface area (Å²) in [5, 5.41) is 30.2. The van der Waals surface area contributed by atoms with Crippen LogP contribution >= 0.6 is 0 Å². The van der Waals surface area contributed by atoms with Crippen LogP contribution in [0.1, 0.15) is 65.2 Å². The minimum atomic E-state index is -1.19. The molecule has 4 heteroatoms. The normalized spacial score (nSPS) is 49.8. The summed E-state index contributed by atoms with van der Waals surface area (Å²) < 4.78 is 0. The van der Waals surface area contributed by atoms with E-state index in [0.29, 0.717) is 24.2 Å². The van der Waals surface area contributed by atoms with E-state index in [9.17, 15) is 15.0 Å². The Labute approximate surface area is 155 Å². The smallest absolute Gasteiger partial charge is 0.382 e. The zero-order valence-corrected chi connectivity index (χ0v) is 15.8. The summed E-state index contributed by atoms with van der Waals surface area (Å²) in [5.41, 5.74) is 0.109. The van der Waals surface area contributed by atoms with Gasteiger partial charge in [0.2, 0.25) is 0 Å². The number of rotatable bonds is 0. The second-order valence-electron chi connectivity index (χ2n) is 9.57. The maximum atomic E-state index is 11.2. The number of aliphatic carboxylic acids is 1. The Hall–Kier alpha value is -1.31. The van der Waals surface area contributed by atoms with Crippen molar-refractivity contribution in [3.8, 4) is 11.8 Å². The Morgan fingerprint density at radius 2 is 1.88 bits per heavy atom. The zero-order chi connectivity index (χ0) is 18.7. The third kappa shape index (κ3) is 2.40. The molecule has 4 aliphatic rings. The monoisotopic (exact) mass is 358 g/mol. The number of carboxylic acid groups (broad SMARTS) is 1. The fourth-order valence-corrected chi connectivity index (χ4v) is 7.02. The van der Waals surface area contributed by atoms with Crippen LogP contribution in [0.5, 0.6) is 0 Å². The molecule has 0 amide bonds. The third-order valence-electron chi connectivity index (χ3n) is 8.61. The number of aliphatic hydroxyl groups is 2. The van der Waals surface area contributed by atoms with Gasteiger partial charge in [-0.3, -0.25) is 0 Å². The van der Waals surface area contributed by atoms with Crippen molar-refractivity contribution in [3.63, 3.8) is 0 Å². The van der Waals surface area contributed by atoms with Gasteiger partial charge in [0.15, 0.2) is 0 Å². The molecule has 0 unspecified atom stereocenters. The van der Waals surface area contributed by atoms with Gasteiger partial charge in [-0.05, 0) is 74.5 Å². The SMILES string of the molecule is C[C@]12CC[C@@H](O)CC1=CC[C@H]1[C@H]2CC[C@@]2(C)[C@@H]1CC[C@@]2(O)C#CC(=O)O. The minimum Gasteiger partial charge on any atom is -0.472 e. The van der Waals surface area contributed by atoms with Crippen LogP contribution in [0.4, 0.5) is 0 Å². The topological polar surface area (TPSA) is 77.8 Å². The van der Waals surface area contributed by atoms with Crippen LogP contribution in [0.15, 0.2) is 11.6 Å². The van der Waals surface area contributed by atoms with Gasteiger partial charge in [0.05, 0.1) is 6.10 Å². The second kappa shape index (κ2) is 5.84. The molecule has 4 aliphatic carbocycles. The van der Waals surface area contributed by atoms with E-state index in [1.807, 2.05) is 0 Å². The van der Waals surface area contributed by atoms with Gasteiger partial charge in [-0.15, -0.1) is 0 Å². The van der Waals surface area contributed by atoms with Gasteiger partial charge in [-0.1, -0.05) is 31.4 Å². The highest BCUT2D eigenvalue weighted by molar-refractivity contribution is 5.86. The first-order valence-electron chi connectivity index (χ1n) is 10.1. The maximum Gasteiger partial charge on any atom is 0.382 e. The van der Waals surface area contributed by atoms with E-state index in [-0.39, 0.29) is 16.9 Å². The van der Waals surface area contributed by atoms with Crippen LogP contribution in [0, 0.1) is 40.4 Å². The molecule has 7 atom stereocenters. The van der Waals surface area contributed by atoms with Crippen molar-refractivity contribution in [2.24, 2.45) is 28.6 Å². The first-order chi connectivity index (χ1) is 12.2. The summed E-state index contributed by atoms with van der Waals surface area (Å²) in [6.45, 7) is 4.51. The predicted octanol–water partition coefficient (Wildman–Crippen LogP) is 3.13. The number of aliphatic hydroxyl groups excluding tert-OH is 1. The molecular weight excluding hydrogens is 328 g/mol. The lowest BCUT2D eigenvalue weighted by Crippen LogP contribution is -2.54. The van der Waals surface area contributed by atoms with Crippen molar-refractivity contribution >= 4 is 5.97 Å². The molecule has 3 fully saturated rings. The fourth-order valence-electron chi connectivity index (χ4n) is 7.02. The Kier molecular flexibility index (Phi) is 4.06. The highest BCUT2D eigenvalue weighted by Crippen LogP contribution is 2.67. The molecule has 0 bridgehead atoms. The van der Waals surface area contributed by atoms with E-state index in [1.54, 1.807) is 0 Å².